The lowest BCUT2D eigenvalue weighted by molar-refractivity contribution is 0.0595. The van der Waals surface area contributed by atoms with Crippen molar-refractivity contribution in [2.24, 2.45) is 0 Å². The molecule has 4 aromatic rings. The van der Waals surface area contributed by atoms with E-state index < -0.39 is 6.23 Å². The minimum Gasteiger partial charge on any atom is -0.457 e. The van der Waals surface area contributed by atoms with Gasteiger partial charge in [0.2, 0.25) is 0 Å². The molecule has 0 aliphatic heterocycles. The molecule has 1 atom stereocenters. The monoisotopic (exact) mass is 473 g/mol. The molecule has 3 N–H and O–H groups in total. The summed E-state index contributed by atoms with van der Waals surface area (Å²) in [6.07, 6.45) is 4.49. The van der Waals surface area contributed by atoms with Gasteiger partial charge in [-0.25, -0.2) is 14.6 Å². The third kappa shape index (κ3) is 6.02. The molecule has 9 heteroatoms. The predicted octanol–water partition coefficient (Wildman–Crippen LogP) is 3.24. The van der Waals surface area contributed by atoms with Gasteiger partial charge in [-0.1, -0.05) is 24.3 Å². The third-order valence-electron chi connectivity index (χ3n) is 5.56. The summed E-state index contributed by atoms with van der Waals surface area (Å²) in [6, 6.07) is 17.3. The fourth-order valence-electron chi connectivity index (χ4n) is 3.62. The number of fused-ring (bicyclic) bond motifs is 1. The Labute approximate surface area is 205 Å². The predicted molar refractivity (Wildman–Crippen MR) is 138 cm³/mol. The number of para-hydroxylation sites is 1. The van der Waals surface area contributed by atoms with E-state index in [2.05, 4.69) is 9.97 Å². The molecule has 0 radical (unpaired) electrons. The molecule has 35 heavy (non-hydrogen) atoms. The number of aliphatic hydroxyl groups excluding tert-OH is 1. The molecule has 182 valence electrons. The number of hydrogen-bond acceptors (Lipinski definition) is 8. The first-order valence-corrected chi connectivity index (χ1v) is 11.4. The van der Waals surface area contributed by atoms with Crippen molar-refractivity contribution in [3.8, 4) is 22.8 Å². The van der Waals surface area contributed by atoms with Crippen LogP contribution in [0.4, 0.5) is 5.82 Å². The van der Waals surface area contributed by atoms with Crippen molar-refractivity contribution in [2.75, 3.05) is 40.0 Å². The number of anilines is 1. The van der Waals surface area contributed by atoms with Crippen molar-refractivity contribution in [1.82, 2.24) is 29.5 Å². The number of nitrogen functional groups attached to an aromatic ring is 1. The molecule has 1 unspecified atom stereocenters. The van der Waals surface area contributed by atoms with Crippen LogP contribution >= 0.6 is 0 Å². The van der Waals surface area contributed by atoms with Gasteiger partial charge in [-0.15, -0.1) is 0 Å². The highest BCUT2D eigenvalue weighted by Gasteiger charge is 2.18. The lowest BCUT2D eigenvalue weighted by atomic mass is 10.1. The van der Waals surface area contributed by atoms with E-state index in [0.29, 0.717) is 35.6 Å². The molecule has 0 amide bonds. The Kier molecular flexibility index (Phi) is 7.71. The van der Waals surface area contributed by atoms with E-state index in [0.717, 1.165) is 23.6 Å². The molecule has 0 bridgehead atoms. The van der Waals surface area contributed by atoms with E-state index >= 15 is 0 Å². The lowest BCUT2D eigenvalue weighted by Gasteiger charge is -2.20. The maximum Gasteiger partial charge on any atom is 0.164 e. The highest BCUT2D eigenvalue weighted by atomic mass is 16.5. The van der Waals surface area contributed by atoms with E-state index in [1.807, 2.05) is 96.3 Å². The SMILES string of the molecule is CN(C)CC=CC(O)N(C)CCn1nc(-c2ccc(Oc3ccccc3)cc2)c2c(N)ncnc21. The van der Waals surface area contributed by atoms with Crippen molar-refractivity contribution in [3.05, 3.63) is 73.1 Å². The largest absolute Gasteiger partial charge is 0.457 e. The smallest absolute Gasteiger partial charge is 0.164 e. The standard InChI is InChI=1S/C26H31N7O2/c1-31(2)15-7-10-22(34)32(3)16-17-33-26-23(25(27)28-18-29-26)24(30-33)19-11-13-21(14-12-19)35-20-8-5-4-6-9-20/h4-14,18,22,34H,15-17H2,1-3H3,(H2,27,28,29). The number of rotatable bonds is 10. The van der Waals surface area contributed by atoms with Gasteiger partial charge in [0.1, 0.15) is 35.6 Å². The summed E-state index contributed by atoms with van der Waals surface area (Å²) in [5.41, 5.74) is 8.48. The number of nitrogens with two attached hydrogens (primary N) is 1. The molecular formula is C26H31N7O2. The van der Waals surface area contributed by atoms with Crippen LogP contribution in [0.3, 0.4) is 0 Å². The Hall–Kier alpha value is -3.79. The fourth-order valence-corrected chi connectivity index (χ4v) is 3.62. The Bertz CT molecular complexity index is 1270. The molecule has 9 nitrogen and oxygen atoms in total. The van der Waals surface area contributed by atoms with Gasteiger partial charge in [-0.05, 0) is 63.6 Å². The highest BCUT2D eigenvalue weighted by molar-refractivity contribution is 5.98. The second kappa shape index (κ2) is 11.1. The number of benzene rings is 2. The number of nitrogens with zero attached hydrogens (tertiary/aromatic N) is 6. The van der Waals surface area contributed by atoms with E-state index in [-0.39, 0.29) is 0 Å². The van der Waals surface area contributed by atoms with Crippen molar-refractivity contribution < 1.29 is 9.84 Å². The van der Waals surface area contributed by atoms with Gasteiger partial charge in [0.15, 0.2) is 5.65 Å². The summed E-state index contributed by atoms with van der Waals surface area (Å²) in [6.45, 7) is 1.86. The fraction of sp³-hybridized carbons (Fsp3) is 0.269. The van der Waals surface area contributed by atoms with Crippen LogP contribution in [-0.4, -0.2) is 75.1 Å². The third-order valence-corrected chi connectivity index (χ3v) is 5.56. The molecule has 4 rings (SSSR count). The van der Waals surface area contributed by atoms with Crippen LogP contribution in [0.2, 0.25) is 0 Å². The maximum atomic E-state index is 10.4. The first kappa shape index (κ1) is 24.3. The molecule has 2 aromatic heterocycles. The molecule has 0 saturated carbocycles. The summed E-state index contributed by atoms with van der Waals surface area (Å²) in [4.78, 5) is 12.5. The number of ether oxygens (including phenoxy) is 1. The normalized spacial score (nSPS) is 12.7. The van der Waals surface area contributed by atoms with Crippen LogP contribution in [0.5, 0.6) is 11.5 Å². The van der Waals surface area contributed by atoms with E-state index in [4.69, 9.17) is 15.6 Å². The Balaban J connectivity index is 1.53. The van der Waals surface area contributed by atoms with Gasteiger partial charge in [0.05, 0.1) is 11.9 Å². The van der Waals surface area contributed by atoms with Crippen LogP contribution < -0.4 is 10.5 Å². The Morgan fingerprint density at radius 1 is 1.03 bits per heavy atom. The summed E-state index contributed by atoms with van der Waals surface area (Å²) in [5, 5.41) is 15.9. The molecule has 0 saturated heterocycles. The molecule has 2 aromatic carbocycles. The van der Waals surface area contributed by atoms with E-state index in [1.165, 1.54) is 6.33 Å². The number of aliphatic hydroxyl groups is 1. The minimum atomic E-state index is -0.687. The van der Waals surface area contributed by atoms with Gasteiger partial charge in [0.25, 0.3) is 0 Å². The minimum absolute atomic E-state index is 0.376. The van der Waals surface area contributed by atoms with Crippen LogP contribution in [0.15, 0.2) is 73.1 Å². The molecule has 0 aliphatic rings. The van der Waals surface area contributed by atoms with Crippen molar-refractivity contribution in [3.63, 3.8) is 0 Å². The van der Waals surface area contributed by atoms with Gasteiger partial charge in [0, 0.05) is 18.7 Å². The second-order valence-electron chi connectivity index (χ2n) is 8.55. The van der Waals surface area contributed by atoms with Crippen molar-refractivity contribution in [1.29, 1.82) is 0 Å². The quantitative estimate of drug-likeness (QED) is 0.267. The summed E-state index contributed by atoms with van der Waals surface area (Å²) in [5.74, 6) is 1.88. The Morgan fingerprint density at radius 2 is 1.74 bits per heavy atom. The number of aromatic nitrogens is 4. The summed E-state index contributed by atoms with van der Waals surface area (Å²) < 4.78 is 7.71. The molecule has 0 fully saturated rings. The zero-order valence-electron chi connectivity index (χ0n) is 20.2. The van der Waals surface area contributed by atoms with Crippen LogP contribution in [0.1, 0.15) is 0 Å². The topological polar surface area (TPSA) is 106 Å². The van der Waals surface area contributed by atoms with Gasteiger partial charge in [-0.2, -0.15) is 5.10 Å². The second-order valence-corrected chi connectivity index (χ2v) is 8.55. The number of hydrogen-bond donors (Lipinski definition) is 2. The number of likely N-dealkylation sites (N-methyl/N-ethyl adjacent to an activating group) is 2. The van der Waals surface area contributed by atoms with Crippen molar-refractivity contribution >= 4 is 16.9 Å². The summed E-state index contributed by atoms with van der Waals surface area (Å²) >= 11 is 0. The molecule has 0 spiro atoms. The van der Waals surface area contributed by atoms with Crippen molar-refractivity contribution in [2.45, 2.75) is 12.8 Å². The molecular weight excluding hydrogens is 442 g/mol. The first-order valence-electron chi connectivity index (χ1n) is 11.4. The van der Waals surface area contributed by atoms with Gasteiger partial charge in [-0.3, -0.25) is 4.90 Å². The van der Waals surface area contributed by atoms with E-state index in [1.54, 1.807) is 6.08 Å². The zero-order chi connectivity index (χ0) is 24.8. The molecule has 2 heterocycles. The van der Waals surface area contributed by atoms with Crippen LogP contribution in [0.25, 0.3) is 22.3 Å². The average Bonchev–Trinajstić information content (AvgIpc) is 3.23. The van der Waals surface area contributed by atoms with Gasteiger partial charge >= 0.3 is 0 Å². The lowest BCUT2D eigenvalue weighted by Crippen LogP contribution is -2.33. The molecule has 0 aliphatic carbocycles. The highest BCUT2D eigenvalue weighted by Crippen LogP contribution is 2.32. The maximum absolute atomic E-state index is 10.4. The van der Waals surface area contributed by atoms with E-state index in [9.17, 15) is 5.11 Å². The first-order chi connectivity index (χ1) is 16.9. The zero-order valence-corrected chi connectivity index (χ0v) is 20.2. The van der Waals surface area contributed by atoms with Crippen LogP contribution in [-0.2, 0) is 6.54 Å². The van der Waals surface area contributed by atoms with Crippen LogP contribution in [0, 0.1) is 0 Å². The summed E-state index contributed by atoms with van der Waals surface area (Å²) in [7, 11) is 5.84. The van der Waals surface area contributed by atoms with Gasteiger partial charge < -0.3 is 20.5 Å². The average molecular weight is 474 g/mol. The Morgan fingerprint density at radius 3 is 2.46 bits per heavy atom.